The standard InChI is InChI=1S/C21H29BrClNO3.C15H17BrClNO/c1-6-16(14(3)4)21(5,15-8-9-17(22)18(23)12-15)13-19(25)24-11-10-20(26)27-7-2;1-5-12(10(2)3)15(4,18-9-19)11-6-7-13(16)14(17)8-11/h6,8-9,12,14,16H,1,7,10-11,13H2,2-5H3,(H,24,25);5-8,10,12H,1H2,2-4H3. The maximum Gasteiger partial charge on any atom is 0.307 e. The van der Waals surface area contributed by atoms with Crippen LogP contribution in [0.2, 0.25) is 10.0 Å². The minimum absolute atomic E-state index is 0.0196. The zero-order valence-electron chi connectivity index (χ0n) is 27.8. The van der Waals surface area contributed by atoms with Gasteiger partial charge in [0.1, 0.15) is 5.54 Å². The molecule has 0 spiro atoms. The van der Waals surface area contributed by atoms with Gasteiger partial charge >= 0.3 is 5.97 Å². The number of rotatable bonds is 15. The number of benzene rings is 2. The van der Waals surface area contributed by atoms with Crippen molar-refractivity contribution in [3.8, 4) is 0 Å². The van der Waals surface area contributed by atoms with Gasteiger partial charge in [0.25, 0.3) is 0 Å². The molecule has 2 aromatic carbocycles. The second kappa shape index (κ2) is 19.6. The van der Waals surface area contributed by atoms with Gasteiger partial charge in [0.2, 0.25) is 12.0 Å². The molecule has 0 aromatic heterocycles. The quantitative estimate of drug-likeness (QED) is 0.0841. The molecule has 4 atom stereocenters. The van der Waals surface area contributed by atoms with Crippen LogP contribution in [0.5, 0.6) is 0 Å². The van der Waals surface area contributed by atoms with Gasteiger partial charge in [-0.25, -0.2) is 4.79 Å². The molecule has 0 heterocycles. The topological polar surface area (TPSA) is 84.8 Å². The van der Waals surface area contributed by atoms with E-state index in [1.165, 1.54) is 0 Å². The van der Waals surface area contributed by atoms with Gasteiger partial charge in [0.15, 0.2) is 0 Å². The number of amides is 1. The number of isocyanates is 1. The van der Waals surface area contributed by atoms with Crippen molar-refractivity contribution in [3.05, 3.63) is 91.8 Å². The van der Waals surface area contributed by atoms with Crippen LogP contribution in [0.4, 0.5) is 0 Å². The first kappa shape index (κ1) is 41.8. The van der Waals surface area contributed by atoms with Crippen molar-refractivity contribution in [1.29, 1.82) is 0 Å². The Hall–Kier alpha value is -2.22. The smallest absolute Gasteiger partial charge is 0.307 e. The molecular weight excluding hydrogens is 755 g/mol. The van der Waals surface area contributed by atoms with E-state index in [0.717, 1.165) is 20.1 Å². The van der Waals surface area contributed by atoms with Crippen LogP contribution in [-0.4, -0.2) is 31.1 Å². The van der Waals surface area contributed by atoms with Gasteiger partial charge in [-0.2, -0.15) is 4.99 Å². The number of hydrogen-bond acceptors (Lipinski definition) is 5. The van der Waals surface area contributed by atoms with E-state index in [2.05, 4.69) is 89.9 Å². The van der Waals surface area contributed by atoms with Crippen LogP contribution in [0, 0.1) is 23.7 Å². The van der Waals surface area contributed by atoms with Gasteiger partial charge in [-0.15, -0.1) is 13.2 Å². The van der Waals surface area contributed by atoms with Gasteiger partial charge < -0.3 is 10.1 Å². The van der Waals surface area contributed by atoms with E-state index in [0.29, 0.717) is 28.5 Å². The fourth-order valence-corrected chi connectivity index (χ4v) is 6.71. The van der Waals surface area contributed by atoms with Crippen molar-refractivity contribution in [3.63, 3.8) is 0 Å². The number of ether oxygens (including phenoxy) is 1. The van der Waals surface area contributed by atoms with E-state index in [-0.39, 0.29) is 43.1 Å². The van der Waals surface area contributed by atoms with Crippen LogP contribution in [0.25, 0.3) is 0 Å². The molecule has 252 valence electrons. The van der Waals surface area contributed by atoms with Crippen LogP contribution in [0.3, 0.4) is 0 Å². The number of carbonyl (C=O) groups is 2. The summed E-state index contributed by atoms with van der Waals surface area (Å²) in [5.74, 6) is 0.251. The Morgan fingerprint density at radius 1 is 0.957 bits per heavy atom. The molecule has 4 unspecified atom stereocenters. The van der Waals surface area contributed by atoms with Crippen molar-refractivity contribution in [2.75, 3.05) is 13.2 Å². The van der Waals surface area contributed by atoms with Gasteiger partial charge in [0, 0.05) is 33.2 Å². The highest BCUT2D eigenvalue weighted by Crippen LogP contribution is 2.43. The molecule has 0 aliphatic rings. The number of halogens is 4. The number of allylic oxidation sites excluding steroid dienone is 1. The average molecular weight is 801 g/mol. The van der Waals surface area contributed by atoms with Crippen LogP contribution < -0.4 is 5.32 Å². The second-order valence-corrected chi connectivity index (χ2v) is 14.6. The largest absolute Gasteiger partial charge is 0.466 e. The third-order valence-electron chi connectivity index (χ3n) is 8.17. The number of aliphatic imine (C=N–C) groups is 1. The lowest BCUT2D eigenvalue weighted by atomic mass is 9.65. The summed E-state index contributed by atoms with van der Waals surface area (Å²) in [5.41, 5.74) is 0.675. The summed E-state index contributed by atoms with van der Waals surface area (Å²) in [6.07, 6.45) is 5.86. The van der Waals surface area contributed by atoms with E-state index in [1.54, 1.807) is 13.0 Å². The molecule has 6 nitrogen and oxygen atoms in total. The van der Waals surface area contributed by atoms with E-state index < -0.39 is 11.0 Å². The van der Waals surface area contributed by atoms with Crippen molar-refractivity contribution < 1.29 is 19.1 Å². The summed E-state index contributed by atoms with van der Waals surface area (Å²) in [4.78, 5) is 38.9. The van der Waals surface area contributed by atoms with E-state index in [1.807, 2.05) is 55.5 Å². The summed E-state index contributed by atoms with van der Waals surface area (Å²) in [6.45, 7) is 22.6. The third kappa shape index (κ3) is 11.5. The summed E-state index contributed by atoms with van der Waals surface area (Å²) >= 11 is 19.2. The third-order valence-corrected chi connectivity index (χ3v) is 10.6. The van der Waals surface area contributed by atoms with Crippen molar-refractivity contribution in [2.24, 2.45) is 28.7 Å². The first-order chi connectivity index (χ1) is 21.5. The molecule has 0 saturated carbocycles. The Bertz CT molecular complexity index is 1410. The summed E-state index contributed by atoms with van der Waals surface area (Å²) in [7, 11) is 0. The maximum atomic E-state index is 12.6. The molecule has 0 bridgehead atoms. The fourth-order valence-electron chi connectivity index (χ4n) is 5.85. The van der Waals surface area contributed by atoms with Crippen LogP contribution >= 0.6 is 55.1 Å². The number of nitrogens with zero attached hydrogens (tertiary/aromatic N) is 1. The highest BCUT2D eigenvalue weighted by molar-refractivity contribution is 9.10. The zero-order chi connectivity index (χ0) is 35.2. The highest BCUT2D eigenvalue weighted by atomic mass is 79.9. The number of carbonyl (C=O) groups excluding carboxylic acids is 3. The Morgan fingerprint density at radius 3 is 1.89 bits per heavy atom. The first-order valence-corrected chi connectivity index (χ1v) is 17.5. The van der Waals surface area contributed by atoms with Crippen molar-refractivity contribution in [1.82, 2.24) is 5.32 Å². The van der Waals surface area contributed by atoms with Crippen molar-refractivity contribution >= 4 is 73.0 Å². The summed E-state index contributed by atoms with van der Waals surface area (Å²) < 4.78 is 6.51. The molecule has 0 radical (unpaired) electrons. The fraction of sp³-hybridized carbons (Fsp3) is 0.472. The highest BCUT2D eigenvalue weighted by Gasteiger charge is 2.39. The molecule has 2 aromatic rings. The Morgan fingerprint density at radius 2 is 1.46 bits per heavy atom. The maximum absolute atomic E-state index is 12.6. The molecule has 0 aliphatic heterocycles. The zero-order valence-corrected chi connectivity index (χ0v) is 32.4. The second-order valence-electron chi connectivity index (χ2n) is 12.1. The van der Waals surface area contributed by atoms with Crippen molar-refractivity contribution in [2.45, 2.75) is 72.3 Å². The van der Waals surface area contributed by atoms with Gasteiger partial charge in [0.05, 0.1) is 23.1 Å². The summed E-state index contributed by atoms with van der Waals surface area (Å²) in [5, 5.41) is 4.02. The molecule has 2 rings (SSSR count). The Balaban J connectivity index is 0.000000489. The SMILES string of the molecule is C=CC(C(C)C)C(C)(CC(=O)NCCC(=O)OCC)c1ccc(Br)c(Cl)c1.C=CC(C(C)C)C(C)(N=C=O)c1ccc(Br)c(Cl)c1. The molecule has 0 saturated heterocycles. The molecule has 46 heavy (non-hydrogen) atoms. The Kier molecular flexibility index (Phi) is 17.8. The van der Waals surface area contributed by atoms with Gasteiger partial charge in [-0.1, -0.05) is 82.1 Å². The van der Waals surface area contributed by atoms with Crippen LogP contribution in [-0.2, 0) is 30.1 Å². The van der Waals surface area contributed by atoms with Gasteiger partial charge in [-0.3, -0.25) is 9.59 Å². The first-order valence-electron chi connectivity index (χ1n) is 15.2. The van der Waals surface area contributed by atoms with E-state index in [4.69, 9.17) is 27.9 Å². The van der Waals surface area contributed by atoms with Crippen LogP contribution in [0.15, 0.2) is 75.6 Å². The minimum atomic E-state index is -0.706. The minimum Gasteiger partial charge on any atom is -0.466 e. The Labute approximate surface area is 301 Å². The van der Waals surface area contributed by atoms with Gasteiger partial charge in [-0.05, 0) is 98.9 Å². The molecule has 1 N–H and O–H groups in total. The number of nitrogens with one attached hydrogen (secondary N) is 1. The van der Waals surface area contributed by atoms with Crippen LogP contribution in [0.1, 0.15) is 72.4 Å². The lowest BCUT2D eigenvalue weighted by Crippen LogP contribution is -2.40. The van der Waals surface area contributed by atoms with E-state index >= 15 is 0 Å². The number of hydrogen-bond donors (Lipinski definition) is 1. The number of esters is 1. The van der Waals surface area contributed by atoms with E-state index in [9.17, 15) is 14.4 Å². The monoisotopic (exact) mass is 798 g/mol. The molecule has 0 aliphatic carbocycles. The molecule has 1 amide bonds. The average Bonchev–Trinajstić information content (AvgIpc) is 2.96. The molecular formula is C36H46Br2Cl2N2O4. The predicted molar refractivity (Wildman–Crippen MR) is 197 cm³/mol. The predicted octanol–water partition coefficient (Wildman–Crippen LogP) is 10.4. The normalized spacial score (nSPS) is 14.8. The lowest BCUT2D eigenvalue weighted by Gasteiger charge is -2.39. The lowest BCUT2D eigenvalue weighted by molar-refractivity contribution is -0.143. The molecule has 0 fully saturated rings. The molecule has 10 heteroatoms. The summed E-state index contributed by atoms with van der Waals surface area (Å²) in [6, 6.07) is 11.4.